The Morgan fingerprint density at radius 2 is 2.42 bits per heavy atom. The Bertz CT molecular complexity index is 314. The van der Waals surface area contributed by atoms with Gasteiger partial charge in [-0.15, -0.1) is 0 Å². The van der Waals surface area contributed by atoms with Gasteiger partial charge >= 0.3 is 0 Å². The molecule has 4 heteroatoms. The smallest absolute Gasteiger partial charge is 0.0891 e. The highest BCUT2D eigenvalue weighted by molar-refractivity contribution is 9.10. The Hall–Kier alpha value is -0.610. The lowest BCUT2D eigenvalue weighted by Crippen LogP contribution is -2.13. The SMILES string of the molecule is Nc1cnc2c(c1Br)CCOC2. The third kappa shape index (κ3) is 1.21. The number of nitrogens with zero attached hydrogens (tertiary/aromatic N) is 1. The van der Waals surface area contributed by atoms with E-state index in [0.717, 1.165) is 23.2 Å². The van der Waals surface area contributed by atoms with E-state index in [1.807, 2.05) is 0 Å². The van der Waals surface area contributed by atoms with Gasteiger partial charge in [-0.25, -0.2) is 0 Å². The molecule has 0 saturated carbocycles. The summed E-state index contributed by atoms with van der Waals surface area (Å²) in [4.78, 5) is 4.20. The van der Waals surface area contributed by atoms with Crippen molar-refractivity contribution in [3.63, 3.8) is 0 Å². The van der Waals surface area contributed by atoms with Crippen LogP contribution in [0.5, 0.6) is 0 Å². The summed E-state index contributed by atoms with van der Waals surface area (Å²) >= 11 is 3.45. The maximum Gasteiger partial charge on any atom is 0.0891 e. The molecule has 0 amide bonds. The van der Waals surface area contributed by atoms with E-state index in [-0.39, 0.29) is 0 Å². The molecule has 0 atom stereocenters. The van der Waals surface area contributed by atoms with E-state index in [9.17, 15) is 0 Å². The van der Waals surface area contributed by atoms with Crippen molar-refractivity contribution in [3.05, 3.63) is 21.9 Å². The Labute approximate surface area is 79.1 Å². The van der Waals surface area contributed by atoms with Crippen LogP contribution in [-0.2, 0) is 17.8 Å². The van der Waals surface area contributed by atoms with Gasteiger partial charge in [0.2, 0.25) is 0 Å². The van der Waals surface area contributed by atoms with Crippen molar-refractivity contribution in [1.82, 2.24) is 4.98 Å². The molecule has 1 aromatic heterocycles. The number of aromatic nitrogens is 1. The Morgan fingerprint density at radius 3 is 3.25 bits per heavy atom. The molecule has 1 aliphatic heterocycles. The predicted octanol–water partition coefficient (Wildman–Crippen LogP) is 1.50. The number of hydrogen-bond acceptors (Lipinski definition) is 3. The quantitative estimate of drug-likeness (QED) is 0.733. The lowest BCUT2D eigenvalue weighted by atomic mass is 10.1. The maximum atomic E-state index is 5.69. The number of pyridine rings is 1. The van der Waals surface area contributed by atoms with E-state index in [1.165, 1.54) is 5.56 Å². The molecule has 2 heterocycles. The number of anilines is 1. The average Bonchev–Trinajstić information content (AvgIpc) is 2.12. The third-order valence-corrected chi connectivity index (χ3v) is 2.90. The fourth-order valence-electron chi connectivity index (χ4n) is 1.30. The van der Waals surface area contributed by atoms with Crippen LogP contribution in [0.3, 0.4) is 0 Å². The van der Waals surface area contributed by atoms with Crippen LogP contribution in [0, 0.1) is 0 Å². The molecule has 3 nitrogen and oxygen atoms in total. The van der Waals surface area contributed by atoms with Crippen molar-refractivity contribution < 1.29 is 4.74 Å². The zero-order valence-corrected chi connectivity index (χ0v) is 8.10. The first-order chi connectivity index (χ1) is 5.79. The van der Waals surface area contributed by atoms with Crippen LogP contribution in [0.2, 0.25) is 0 Å². The summed E-state index contributed by atoms with van der Waals surface area (Å²) < 4.78 is 6.25. The number of halogens is 1. The van der Waals surface area contributed by atoms with Gasteiger partial charge in [0.25, 0.3) is 0 Å². The zero-order valence-electron chi connectivity index (χ0n) is 6.51. The zero-order chi connectivity index (χ0) is 8.55. The van der Waals surface area contributed by atoms with Gasteiger partial charge in [-0.2, -0.15) is 0 Å². The number of rotatable bonds is 0. The van der Waals surface area contributed by atoms with Crippen molar-refractivity contribution >= 4 is 21.6 Å². The van der Waals surface area contributed by atoms with Crippen molar-refractivity contribution in [2.75, 3.05) is 12.3 Å². The summed E-state index contributed by atoms with van der Waals surface area (Å²) in [6.07, 6.45) is 2.56. The minimum Gasteiger partial charge on any atom is -0.397 e. The summed E-state index contributed by atoms with van der Waals surface area (Å²) in [5.74, 6) is 0. The minimum absolute atomic E-state index is 0.605. The van der Waals surface area contributed by atoms with E-state index in [0.29, 0.717) is 12.3 Å². The number of hydrogen-bond donors (Lipinski definition) is 1. The van der Waals surface area contributed by atoms with Gasteiger partial charge in [0.05, 0.1) is 30.8 Å². The van der Waals surface area contributed by atoms with E-state index in [2.05, 4.69) is 20.9 Å². The van der Waals surface area contributed by atoms with Gasteiger partial charge in [0.1, 0.15) is 0 Å². The van der Waals surface area contributed by atoms with E-state index >= 15 is 0 Å². The molecule has 0 spiro atoms. The van der Waals surface area contributed by atoms with Crippen LogP contribution in [0.4, 0.5) is 5.69 Å². The van der Waals surface area contributed by atoms with Crippen LogP contribution in [0.15, 0.2) is 10.7 Å². The van der Waals surface area contributed by atoms with Crippen molar-refractivity contribution in [2.24, 2.45) is 0 Å². The molecule has 0 aromatic carbocycles. The molecular weight excluding hydrogens is 220 g/mol. The van der Waals surface area contributed by atoms with Crippen molar-refractivity contribution in [1.29, 1.82) is 0 Å². The standard InChI is InChI=1S/C8H9BrN2O/c9-8-5-1-2-12-4-7(5)11-3-6(8)10/h3H,1-2,4,10H2. The summed E-state index contributed by atoms with van der Waals surface area (Å²) in [7, 11) is 0. The second-order valence-electron chi connectivity index (χ2n) is 2.76. The van der Waals surface area contributed by atoms with Gasteiger partial charge in [-0.1, -0.05) is 0 Å². The molecule has 0 unspecified atom stereocenters. The van der Waals surface area contributed by atoms with E-state index in [4.69, 9.17) is 10.5 Å². The molecule has 0 saturated heterocycles. The lowest BCUT2D eigenvalue weighted by molar-refractivity contribution is 0.107. The highest BCUT2D eigenvalue weighted by Gasteiger charge is 2.14. The van der Waals surface area contributed by atoms with Crippen molar-refractivity contribution in [2.45, 2.75) is 13.0 Å². The molecule has 12 heavy (non-hydrogen) atoms. The molecule has 0 fully saturated rings. The Kier molecular flexibility index (Phi) is 2.02. The lowest BCUT2D eigenvalue weighted by Gasteiger charge is -2.17. The molecule has 2 rings (SSSR count). The summed E-state index contributed by atoms with van der Waals surface area (Å²) in [5.41, 5.74) is 8.60. The molecule has 0 aliphatic carbocycles. The van der Waals surface area contributed by atoms with Crippen LogP contribution in [-0.4, -0.2) is 11.6 Å². The molecule has 2 N–H and O–H groups in total. The number of nitrogens with two attached hydrogens (primary N) is 1. The first kappa shape index (κ1) is 8.01. The van der Waals surface area contributed by atoms with Gasteiger partial charge < -0.3 is 10.5 Å². The summed E-state index contributed by atoms with van der Waals surface area (Å²) in [6.45, 7) is 1.37. The number of ether oxygens (including phenoxy) is 1. The van der Waals surface area contributed by atoms with Crippen LogP contribution >= 0.6 is 15.9 Å². The summed E-state index contributed by atoms with van der Waals surface area (Å²) in [6, 6.07) is 0. The highest BCUT2D eigenvalue weighted by atomic mass is 79.9. The second kappa shape index (κ2) is 3.03. The fourth-order valence-corrected chi connectivity index (χ4v) is 1.83. The molecule has 1 aromatic rings. The fraction of sp³-hybridized carbons (Fsp3) is 0.375. The monoisotopic (exact) mass is 228 g/mol. The van der Waals surface area contributed by atoms with Crippen LogP contribution in [0.25, 0.3) is 0 Å². The Balaban J connectivity index is 2.54. The van der Waals surface area contributed by atoms with Gasteiger partial charge in [-0.05, 0) is 27.9 Å². The molecule has 64 valence electrons. The number of nitrogen functional groups attached to an aromatic ring is 1. The first-order valence-corrected chi connectivity index (χ1v) is 4.58. The molecule has 0 bridgehead atoms. The minimum atomic E-state index is 0.605. The average molecular weight is 229 g/mol. The predicted molar refractivity (Wildman–Crippen MR) is 49.7 cm³/mol. The normalized spacial score (nSPS) is 15.8. The molecule has 1 aliphatic rings. The maximum absolute atomic E-state index is 5.69. The van der Waals surface area contributed by atoms with Crippen LogP contribution < -0.4 is 5.73 Å². The Morgan fingerprint density at radius 1 is 1.58 bits per heavy atom. The van der Waals surface area contributed by atoms with Crippen LogP contribution in [0.1, 0.15) is 11.3 Å². The second-order valence-corrected chi connectivity index (χ2v) is 3.55. The first-order valence-electron chi connectivity index (χ1n) is 3.78. The largest absolute Gasteiger partial charge is 0.397 e. The number of fused-ring (bicyclic) bond motifs is 1. The summed E-state index contributed by atoms with van der Waals surface area (Å²) in [5, 5.41) is 0. The topological polar surface area (TPSA) is 48.1 Å². The molecule has 0 radical (unpaired) electrons. The van der Waals surface area contributed by atoms with Gasteiger partial charge in [0.15, 0.2) is 0 Å². The van der Waals surface area contributed by atoms with Crippen molar-refractivity contribution in [3.8, 4) is 0 Å². The van der Waals surface area contributed by atoms with E-state index in [1.54, 1.807) is 6.20 Å². The molecular formula is C8H9BrN2O. The third-order valence-electron chi connectivity index (χ3n) is 1.96. The van der Waals surface area contributed by atoms with Gasteiger partial charge in [0, 0.05) is 4.47 Å². The van der Waals surface area contributed by atoms with Gasteiger partial charge in [-0.3, -0.25) is 4.98 Å². The highest BCUT2D eigenvalue weighted by Crippen LogP contribution is 2.28. The van der Waals surface area contributed by atoms with E-state index < -0.39 is 0 Å².